The average molecular weight is 481 g/mol. The van der Waals surface area contributed by atoms with E-state index < -0.39 is 23.5 Å². The lowest BCUT2D eigenvalue weighted by Gasteiger charge is -2.27. The number of carbonyl (C=O) groups excluding carboxylic acids is 2. The Kier molecular flexibility index (Phi) is 8.90. The number of carboxylic acids is 1. The molecule has 35 heavy (non-hydrogen) atoms. The summed E-state index contributed by atoms with van der Waals surface area (Å²) in [6, 6.07) is 15.9. The van der Waals surface area contributed by atoms with Crippen LogP contribution < -0.4 is 10.6 Å². The maximum atomic E-state index is 12.6. The largest absolute Gasteiger partial charge is 0.481 e. The fraction of sp³-hybridized carbons (Fsp3) is 0.464. The van der Waals surface area contributed by atoms with Gasteiger partial charge in [0.05, 0.1) is 5.41 Å². The van der Waals surface area contributed by atoms with Crippen molar-refractivity contribution in [2.75, 3.05) is 13.2 Å². The third-order valence-electron chi connectivity index (χ3n) is 7.17. The highest BCUT2D eigenvalue weighted by Crippen LogP contribution is 2.44. The van der Waals surface area contributed by atoms with E-state index in [9.17, 15) is 19.5 Å². The molecular formula is C28H36N2O5. The zero-order valence-corrected chi connectivity index (χ0v) is 20.8. The number of carboxylic acid groups (broad SMARTS) is 1. The molecule has 7 nitrogen and oxygen atoms in total. The zero-order valence-electron chi connectivity index (χ0n) is 20.8. The predicted octanol–water partition coefficient (Wildman–Crippen LogP) is 5.09. The SMILES string of the molecule is CCC[C@H](CC(=O)NCC(CC)(CC)C(=O)O)NC(=O)OCC1c2ccccc2-c2ccccc21. The van der Waals surface area contributed by atoms with Crippen molar-refractivity contribution in [1.82, 2.24) is 10.6 Å². The second kappa shape index (κ2) is 11.9. The minimum atomic E-state index is -0.976. The predicted molar refractivity (Wildman–Crippen MR) is 135 cm³/mol. The smallest absolute Gasteiger partial charge is 0.407 e. The first kappa shape index (κ1) is 26.3. The molecule has 3 rings (SSSR count). The van der Waals surface area contributed by atoms with Gasteiger partial charge in [0.1, 0.15) is 6.61 Å². The number of ether oxygens (including phenoxy) is 1. The Bertz CT molecular complexity index is 1000. The highest BCUT2D eigenvalue weighted by atomic mass is 16.5. The highest BCUT2D eigenvalue weighted by molar-refractivity contribution is 5.80. The van der Waals surface area contributed by atoms with Crippen molar-refractivity contribution in [2.45, 2.75) is 64.8 Å². The Labute approximate surface area is 207 Å². The van der Waals surface area contributed by atoms with Crippen LogP contribution in [0.2, 0.25) is 0 Å². The van der Waals surface area contributed by atoms with Crippen molar-refractivity contribution in [3.8, 4) is 11.1 Å². The molecule has 1 aliphatic rings. The van der Waals surface area contributed by atoms with Crippen LogP contribution in [-0.2, 0) is 14.3 Å². The van der Waals surface area contributed by atoms with Crippen LogP contribution in [0.3, 0.4) is 0 Å². The molecule has 0 fully saturated rings. The number of hydrogen-bond donors (Lipinski definition) is 3. The molecule has 0 spiro atoms. The number of alkyl carbamates (subject to hydrolysis) is 1. The lowest BCUT2D eigenvalue weighted by molar-refractivity contribution is -0.149. The summed E-state index contributed by atoms with van der Waals surface area (Å²) in [6.07, 6.45) is 1.76. The number of aliphatic carboxylic acids is 1. The molecule has 0 saturated heterocycles. The van der Waals surface area contributed by atoms with E-state index in [0.717, 1.165) is 28.7 Å². The molecule has 0 bridgehead atoms. The summed E-state index contributed by atoms with van der Waals surface area (Å²) in [5.74, 6) is -1.23. The van der Waals surface area contributed by atoms with Crippen molar-refractivity contribution in [1.29, 1.82) is 0 Å². The van der Waals surface area contributed by atoms with Crippen molar-refractivity contribution in [3.05, 3.63) is 59.7 Å². The number of nitrogens with one attached hydrogen (secondary N) is 2. The minimum absolute atomic E-state index is 0.0340. The van der Waals surface area contributed by atoms with Gasteiger partial charge in [-0.3, -0.25) is 9.59 Å². The summed E-state index contributed by atoms with van der Waals surface area (Å²) in [5, 5.41) is 15.2. The summed E-state index contributed by atoms with van der Waals surface area (Å²) in [5.41, 5.74) is 3.62. The molecule has 1 atom stereocenters. The highest BCUT2D eigenvalue weighted by Gasteiger charge is 2.35. The second-order valence-electron chi connectivity index (χ2n) is 9.23. The van der Waals surface area contributed by atoms with Gasteiger partial charge in [0.2, 0.25) is 5.91 Å². The molecule has 3 N–H and O–H groups in total. The summed E-state index contributed by atoms with van der Waals surface area (Å²) in [4.78, 5) is 36.9. The van der Waals surface area contributed by atoms with E-state index >= 15 is 0 Å². The van der Waals surface area contributed by atoms with Crippen LogP contribution in [0.5, 0.6) is 0 Å². The Hall–Kier alpha value is -3.35. The average Bonchev–Trinajstić information content (AvgIpc) is 3.17. The van der Waals surface area contributed by atoms with Gasteiger partial charge in [-0.05, 0) is 41.5 Å². The van der Waals surface area contributed by atoms with Gasteiger partial charge in [-0.15, -0.1) is 0 Å². The van der Waals surface area contributed by atoms with Gasteiger partial charge in [0.15, 0.2) is 0 Å². The van der Waals surface area contributed by atoms with Crippen molar-refractivity contribution < 1.29 is 24.2 Å². The van der Waals surface area contributed by atoms with E-state index in [1.165, 1.54) is 0 Å². The first-order chi connectivity index (χ1) is 16.8. The van der Waals surface area contributed by atoms with Crippen LogP contribution >= 0.6 is 0 Å². The second-order valence-corrected chi connectivity index (χ2v) is 9.23. The first-order valence-corrected chi connectivity index (χ1v) is 12.5. The lowest BCUT2D eigenvalue weighted by atomic mass is 9.82. The van der Waals surface area contributed by atoms with Crippen LogP contribution in [0.1, 0.15) is 69.9 Å². The van der Waals surface area contributed by atoms with Crippen LogP contribution in [0.15, 0.2) is 48.5 Å². The van der Waals surface area contributed by atoms with E-state index in [1.807, 2.05) is 45.0 Å². The van der Waals surface area contributed by atoms with E-state index in [0.29, 0.717) is 19.3 Å². The van der Waals surface area contributed by atoms with Crippen LogP contribution in [-0.4, -0.2) is 42.3 Å². The number of benzene rings is 2. The molecule has 1 aliphatic carbocycles. The molecule has 0 heterocycles. The summed E-state index contributed by atoms with van der Waals surface area (Å²) in [7, 11) is 0. The molecular weight excluding hydrogens is 444 g/mol. The van der Waals surface area contributed by atoms with Gasteiger partial charge in [-0.2, -0.15) is 0 Å². The van der Waals surface area contributed by atoms with E-state index in [4.69, 9.17) is 4.74 Å². The molecule has 0 saturated carbocycles. The quantitative estimate of drug-likeness (QED) is 0.392. The Morgan fingerprint density at radius 1 is 0.971 bits per heavy atom. The van der Waals surface area contributed by atoms with E-state index in [2.05, 4.69) is 34.9 Å². The topological polar surface area (TPSA) is 105 Å². The first-order valence-electron chi connectivity index (χ1n) is 12.5. The number of carbonyl (C=O) groups is 3. The number of hydrogen-bond acceptors (Lipinski definition) is 4. The third kappa shape index (κ3) is 6.02. The Morgan fingerprint density at radius 2 is 1.54 bits per heavy atom. The molecule has 0 aliphatic heterocycles. The van der Waals surface area contributed by atoms with Gasteiger partial charge in [-0.25, -0.2) is 4.79 Å². The Morgan fingerprint density at radius 3 is 2.06 bits per heavy atom. The number of rotatable bonds is 12. The molecule has 188 valence electrons. The fourth-order valence-electron chi connectivity index (χ4n) is 4.82. The molecule has 0 radical (unpaired) electrons. The maximum Gasteiger partial charge on any atom is 0.407 e. The van der Waals surface area contributed by atoms with Gasteiger partial charge >= 0.3 is 12.1 Å². The molecule has 0 unspecified atom stereocenters. The monoisotopic (exact) mass is 480 g/mol. The van der Waals surface area contributed by atoms with Gasteiger partial charge < -0.3 is 20.5 Å². The van der Waals surface area contributed by atoms with E-state index in [-0.39, 0.29) is 31.4 Å². The van der Waals surface area contributed by atoms with Crippen molar-refractivity contribution in [3.63, 3.8) is 0 Å². The van der Waals surface area contributed by atoms with Gasteiger partial charge in [0, 0.05) is 24.9 Å². The van der Waals surface area contributed by atoms with E-state index in [1.54, 1.807) is 0 Å². The number of fused-ring (bicyclic) bond motifs is 3. The van der Waals surface area contributed by atoms with Crippen LogP contribution in [0.4, 0.5) is 4.79 Å². The van der Waals surface area contributed by atoms with Crippen molar-refractivity contribution in [2.24, 2.45) is 5.41 Å². The number of amides is 2. The summed E-state index contributed by atoms with van der Waals surface area (Å²) >= 11 is 0. The van der Waals surface area contributed by atoms with Gasteiger partial charge in [-0.1, -0.05) is 75.7 Å². The zero-order chi connectivity index (χ0) is 25.4. The molecule has 2 aromatic rings. The molecule has 2 amide bonds. The van der Waals surface area contributed by atoms with Gasteiger partial charge in [0.25, 0.3) is 0 Å². The minimum Gasteiger partial charge on any atom is -0.481 e. The normalized spacial score (nSPS) is 13.5. The Balaban J connectivity index is 1.57. The van der Waals surface area contributed by atoms with Crippen LogP contribution in [0, 0.1) is 5.41 Å². The summed E-state index contributed by atoms with van der Waals surface area (Å²) < 4.78 is 5.62. The van der Waals surface area contributed by atoms with Crippen molar-refractivity contribution >= 4 is 18.0 Å². The lowest BCUT2D eigenvalue weighted by Crippen LogP contribution is -2.45. The third-order valence-corrected chi connectivity index (χ3v) is 7.17. The molecule has 2 aromatic carbocycles. The van der Waals surface area contributed by atoms with Crippen LogP contribution in [0.25, 0.3) is 11.1 Å². The fourth-order valence-corrected chi connectivity index (χ4v) is 4.82. The molecule has 7 heteroatoms. The maximum absolute atomic E-state index is 12.6. The molecule has 0 aromatic heterocycles. The summed E-state index contributed by atoms with van der Waals surface area (Å²) in [6.45, 7) is 5.87. The standard InChI is InChI=1S/C28H36N2O5/c1-4-11-19(16-25(31)29-18-28(5-2,6-3)26(32)33)30-27(34)35-17-24-22-14-9-7-12-20(22)21-13-8-10-15-23(21)24/h7-10,12-15,19,24H,4-6,11,16-18H2,1-3H3,(H,29,31)(H,30,34)(H,32,33)/t19-/m1/s1.